The van der Waals surface area contributed by atoms with E-state index in [0.717, 1.165) is 9.13 Å². The second-order valence-corrected chi connectivity index (χ2v) is 6.44. The molecule has 0 saturated carbocycles. The number of carbonyl (C=O) groups is 1. The zero-order chi connectivity index (χ0) is 19.8. The van der Waals surface area contributed by atoms with Crippen molar-refractivity contribution in [3.05, 3.63) is 45.0 Å². The maximum Gasteiger partial charge on any atom is 0.275 e. The number of benzene rings is 2. The Labute approximate surface area is 171 Å². The van der Waals surface area contributed by atoms with Gasteiger partial charge in [0.2, 0.25) is 0 Å². The molecule has 0 radical (unpaired) electrons. The summed E-state index contributed by atoms with van der Waals surface area (Å²) in [6, 6.07) is 8.07. The summed E-state index contributed by atoms with van der Waals surface area (Å²) < 4.78 is 17.1. The lowest BCUT2D eigenvalue weighted by Gasteiger charge is -2.13. The van der Waals surface area contributed by atoms with Crippen molar-refractivity contribution >= 4 is 34.7 Å². The maximum absolute atomic E-state index is 12.2. The second-order valence-electron chi connectivity index (χ2n) is 5.28. The molecule has 27 heavy (non-hydrogen) atoms. The second kappa shape index (κ2) is 10.0. The highest BCUT2D eigenvalue weighted by atomic mass is 127. The Morgan fingerprint density at radius 1 is 1.22 bits per heavy atom. The molecule has 0 heterocycles. The molecule has 2 aromatic carbocycles. The molecule has 0 aliphatic carbocycles. The first-order valence-corrected chi connectivity index (χ1v) is 9.37. The summed E-state index contributed by atoms with van der Waals surface area (Å²) in [5.74, 6) is 1.05. The minimum atomic E-state index is -0.530. The highest BCUT2D eigenvalue weighted by Gasteiger charge is 2.13. The van der Waals surface area contributed by atoms with Crippen LogP contribution >= 0.6 is 22.6 Å². The lowest BCUT2D eigenvalue weighted by atomic mass is 10.2. The van der Waals surface area contributed by atoms with Crippen LogP contribution in [0.4, 0.5) is 0 Å². The van der Waals surface area contributed by atoms with E-state index in [1.54, 1.807) is 12.1 Å². The predicted molar refractivity (Wildman–Crippen MR) is 111 cm³/mol. The van der Waals surface area contributed by atoms with Gasteiger partial charge in [-0.05, 0) is 66.3 Å². The molecule has 2 rings (SSSR count). The molecule has 0 fully saturated rings. The number of hydrogen-bond acceptors (Lipinski definition) is 6. The SMILES string of the molecule is CCOc1cc(/C=N\NC(=O)c2ccc(OC)cc2O)cc(I)c1OCC. The molecule has 0 atom stereocenters. The van der Waals surface area contributed by atoms with E-state index in [9.17, 15) is 9.90 Å². The number of halogens is 1. The van der Waals surface area contributed by atoms with E-state index in [1.165, 1.54) is 25.5 Å². The molecule has 1 amide bonds. The smallest absolute Gasteiger partial charge is 0.275 e. The number of hydrazone groups is 1. The number of rotatable bonds is 8. The van der Waals surface area contributed by atoms with Gasteiger partial charge >= 0.3 is 0 Å². The van der Waals surface area contributed by atoms with Crippen molar-refractivity contribution < 1.29 is 24.1 Å². The molecular weight excluding hydrogens is 463 g/mol. The Kier molecular flexibility index (Phi) is 7.71. The number of ether oxygens (including phenoxy) is 3. The third-order valence-electron chi connectivity index (χ3n) is 3.45. The van der Waals surface area contributed by atoms with Crippen LogP contribution in [0.2, 0.25) is 0 Å². The van der Waals surface area contributed by atoms with Crippen molar-refractivity contribution in [1.29, 1.82) is 0 Å². The summed E-state index contributed by atoms with van der Waals surface area (Å²) in [6.07, 6.45) is 1.50. The summed E-state index contributed by atoms with van der Waals surface area (Å²) in [5.41, 5.74) is 3.23. The van der Waals surface area contributed by atoms with Crippen LogP contribution in [0.3, 0.4) is 0 Å². The van der Waals surface area contributed by atoms with E-state index in [0.29, 0.717) is 30.5 Å². The number of nitrogens with zero attached hydrogens (tertiary/aromatic N) is 1. The van der Waals surface area contributed by atoms with Crippen molar-refractivity contribution in [3.8, 4) is 23.0 Å². The van der Waals surface area contributed by atoms with Gasteiger partial charge in [0.05, 0.1) is 35.7 Å². The van der Waals surface area contributed by atoms with Crippen molar-refractivity contribution in [3.63, 3.8) is 0 Å². The fraction of sp³-hybridized carbons (Fsp3) is 0.263. The van der Waals surface area contributed by atoms with E-state index in [2.05, 4.69) is 33.1 Å². The molecule has 0 saturated heterocycles. The average Bonchev–Trinajstić information content (AvgIpc) is 2.64. The van der Waals surface area contributed by atoms with Gasteiger partial charge in [0.15, 0.2) is 11.5 Å². The highest BCUT2D eigenvalue weighted by molar-refractivity contribution is 14.1. The van der Waals surface area contributed by atoms with Crippen molar-refractivity contribution in [2.24, 2.45) is 5.10 Å². The average molecular weight is 484 g/mol. The number of phenols is 1. The first-order valence-electron chi connectivity index (χ1n) is 8.29. The van der Waals surface area contributed by atoms with Crippen LogP contribution in [-0.4, -0.2) is 37.6 Å². The summed E-state index contributed by atoms with van der Waals surface area (Å²) in [4.78, 5) is 12.2. The zero-order valence-electron chi connectivity index (χ0n) is 15.3. The topological polar surface area (TPSA) is 89.4 Å². The summed E-state index contributed by atoms with van der Waals surface area (Å²) in [5, 5.41) is 13.9. The third-order valence-corrected chi connectivity index (χ3v) is 4.25. The number of phenolic OH excluding ortho intramolecular Hbond substituents is 1. The first kappa shape index (κ1) is 20.8. The Morgan fingerprint density at radius 3 is 2.59 bits per heavy atom. The van der Waals surface area contributed by atoms with Gasteiger partial charge in [0, 0.05) is 6.07 Å². The van der Waals surface area contributed by atoms with Crippen molar-refractivity contribution in [2.75, 3.05) is 20.3 Å². The number of aromatic hydroxyl groups is 1. The van der Waals surface area contributed by atoms with Crippen LogP contribution in [0.25, 0.3) is 0 Å². The molecule has 0 aliphatic rings. The van der Waals surface area contributed by atoms with Crippen LogP contribution in [0, 0.1) is 3.57 Å². The van der Waals surface area contributed by atoms with Crippen LogP contribution in [0.5, 0.6) is 23.0 Å². The molecule has 0 spiro atoms. The zero-order valence-corrected chi connectivity index (χ0v) is 17.4. The van der Waals surface area contributed by atoms with E-state index >= 15 is 0 Å². The summed E-state index contributed by atoms with van der Waals surface area (Å²) in [6.45, 7) is 4.84. The van der Waals surface area contributed by atoms with Crippen molar-refractivity contribution in [1.82, 2.24) is 5.43 Å². The monoisotopic (exact) mass is 484 g/mol. The number of carbonyl (C=O) groups excluding carboxylic acids is 1. The molecule has 0 unspecified atom stereocenters. The fourth-order valence-electron chi connectivity index (χ4n) is 2.27. The highest BCUT2D eigenvalue weighted by Crippen LogP contribution is 2.33. The van der Waals surface area contributed by atoms with E-state index in [4.69, 9.17) is 14.2 Å². The quantitative estimate of drug-likeness (QED) is 0.340. The van der Waals surface area contributed by atoms with E-state index in [1.807, 2.05) is 19.9 Å². The van der Waals surface area contributed by atoms with Gasteiger partial charge in [-0.3, -0.25) is 4.79 Å². The van der Waals surface area contributed by atoms with E-state index < -0.39 is 5.91 Å². The predicted octanol–water partition coefficient (Wildman–Crippen LogP) is 3.57. The Hall–Kier alpha value is -2.49. The molecule has 0 aliphatic heterocycles. The molecular formula is C19H21IN2O5. The number of nitrogens with one attached hydrogen (secondary N) is 1. The molecule has 8 heteroatoms. The fourth-order valence-corrected chi connectivity index (χ4v) is 3.05. The summed E-state index contributed by atoms with van der Waals surface area (Å²) >= 11 is 2.16. The van der Waals surface area contributed by atoms with Gasteiger partial charge in [-0.2, -0.15) is 5.10 Å². The van der Waals surface area contributed by atoms with Crippen molar-refractivity contribution in [2.45, 2.75) is 13.8 Å². The minimum Gasteiger partial charge on any atom is -0.507 e. The Bertz CT molecular complexity index is 839. The number of amides is 1. The molecule has 2 aromatic rings. The normalized spacial score (nSPS) is 10.7. The summed E-state index contributed by atoms with van der Waals surface area (Å²) in [7, 11) is 1.48. The number of methoxy groups -OCH3 is 1. The third kappa shape index (κ3) is 5.49. The van der Waals surface area contributed by atoms with Crippen LogP contribution in [0.15, 0.2) is 35.4 Å². The molecule has 144 valence electrons. The lowest BCUT2D eigenvalue weighted by Crippen LogP contribution is -2.17. The van der Waals surface area contributed by atoms with Crippen LogP contribution < -0.4 is 19.6 Å². The van der Waals surface area contributed by atoms with Gasteiger partial charge in [-0.25, -0.2) is 5.43 Å². The first-order chi connectivity index (χ1) is 13.0. The molecule has 7 nitrogen and oxygen atoms in total. The Morgan fingerprint density at radius 2 is 1.96 bits per heavy atom. The van der Waals surface area contributed by atoms with Crippen LogP contribution in [-0.2, 0) is 0 Å². The van der Waals surface area contributed by atoms with Gasteiger partial charge in [0.25, 0.3) is 5.91 Å². The van der Waals surface area contributed by atoms with Gasteiger partial charge in [-0.1, -0.05) is 0 Å². The Balaban J connectivity index is 2.14. The standard InChI is InChI=1S/C19H21IN2O5/c1-4-26-17-9-12(8-15(20)18(17)27-5-2)11-21-22-19(24)14-7-6-13(25-3)10-16(14)23/h6-11,23H,4-5H2,1-3H3,(H,22,24)/b21-11-. The molecule has 0 aromatic heterocycles. The number of hydrogen-bond donors (Lipinski definition) is 2. The largest absolute Gasteiger partial charge is 0.507 e. The van der Waals surface area contributed by atoms with Crippen LogP contribution in [0.1, 0.15) is 29.8 Å². The molecule has 2 N–H and O–H groups in total. The van der Waals surface area contributed by atoms with Gasteiger partial charge < -0.3 is 19.3 Å². The lowest BCUT2D eigenvalue weighted by molar-refractivity contribution is 0.0952. The van der Waals surface area contributed by atoms with Gasteiger partial charge in [0.1, 0.15) is 11.5 Å². The molecule has 0 bridgehead atoms. The van der Waals surface area contributed by atoms with Gasteiger partial charge in [-0.15, -0.1) is 0 Å². The maximum atomic E-state index is 12.2. The van der Waals surface area contributed by atoms with E-state index in [-0.39, 0.29) is 11.3 Å². The minimum absolute atomic E-state index is 0.101.